The highest BCUT2D eigenvalue weighted by atomic mass is 16.5. The Hall–Kier alpha value is -4.06. The quantitative estimate of drug-likeness (QED) is 0.287. The van der Waals surface area contributed by atoms with E-state index in [-0.39, 0.29) is 5.91 Å². The van der Waals surface area contributed by atoms with Crippen LogP contribution in [0.5, 0.6) is 17.4 Å². The normalized spacial score (nSPS) is 10.7. The third-order valence-electron chi connectivity index (χ3n) is 5.82. The molecule has 0 aliphatic carbocycles. The smallest absolute Gasteiger partial charge is 0.254 e. The van der Waals surface area contributed by atoms with E-state index < -0.39 is 0 Å². The van der Waals surface area contributed by atoms with Crippen molar-refractivity contribution in [3.05, 3.63) is 101 Å². The second kappa shape index (κ2) is 10.9. The number of benzene rings is 3. The molecule has 0 radical (unpaired) electrons. The summed E-state index contributed by atoms with van der Waals surface area (Å²) >= 11 is 0. The van der Waals surface area contributed by atoms with E-state index in [9.17, 15) is 4.79 Å². The molecule has 3 aromatic carbocycles. The van der Waals surface area contributed by atoms with Gasteiger partial charge in [-0.15, -0.1) is 0 Å². The summed E-state index contributed by atoms with van der Waals surface area (Å²) in [5.74, 6) is 1.91. The minimum Gasteiger partial charge on any atom is -0.497 e. The van der Waals surface area contributed by atoms with Crippen molar-refractivity contribution in [1.82, 2.24) is 14.7 Å². The third kappa shape index (κ3) is 5.54. The summed E-state index contributed by atoms with van der Waals surface area (Å²) in [5.41, 5.74) is 4.35. The molecule has 0 aliphatic rings. The first-order valence-corrected chi connectivity index (χ1v) is 11.8. The van der Waals surface area contributed by atoms with Gasteiger partial charge in [-0.1, -0.05) is 48.9 Å². The third-order valence-corrected chi connectivity index (χ3v) is 5.82. The number of hydrogen-bond donors (Lipinski definition) is 0. The van der Waals surface area contributed by atoms with Crippen molar-refractivity contribution < 1.29 is 14.3 Å². The Labute approximate surface area is 206 Å². The van der Waals surface area contributed by atoms with Crippen LogP contribution in [0.15, 0.2) is 78.9 Å². The molecule has 1 heterocycles. The second-order valence-corrected chi connectivity index (χ2v) is 8.49. The SMILES string of the molecule is CCCN(Cc1c(C)nn(-c2ccccc2)c1Oc1cccc(OC)c1)C(=O)c1ccc(C)cc1. The lowest BCUT2D eigenvalue weighted by molar-refractivity contribution is 0.0742. The van der Waals surface area contributed by atoms with Crippen LogP contribution < -0.4 is 9.47 Å². The molecular formula is C29H31N3O3. The van der Waals surface area contributed by atoms with Crippen molar-refractivity contribution in [3.8, 4) is 23.1 Å². The van der Waals surface area contributed by atoms with E-state index in [0.29, 0.717) is 36.0 Å². The molecule has 0 spiro atoms. The fourth-order valence-electron chi connectivity index (χ4n) is 3.94. The second-order valence-electron chi connectivity index (χ2n) is 8.49. The maximum absolute atomic E-state index is 13.4. The number of rotatable bonds is 9. The first-order valence-electron chi connectivity index (χ1n) is 11.8. The molecule has 1 aromatic heterocycles. The molecular weight excluding hydrogens is 438 g/mol. The average molecular weight is 470 g/mol. The van der Waals surface area contributed by atoms with Crippen LogP contribution in [0.4, 0.5) is 0 Å². The van der Waals surface area contributed by atoms with Gasteiger partial charge >= 0.3 is 0 Å². The number of hydrogen-bond acceptors (Lipinski definition) is 4. The molecule has 0 unspecified atom stereocenters. The highest BCUT2D eigenvalue weighted by molar-refractivity contribution is 5.94. The Morgan fingerprint density at radius 3 is 2.34 bits per heavy atom. The summed E-state index contributed by atoms with van der Waals surface area (Å²) in [6, 6.07) is 25.0. The number of aromatic nitrogens is 2. The van der Waals surface area contributed by atoms with Gasteiger partial charge in [0.05, 0.1) is 30.6 Å². The highest BCUT2D eigenvalue weighted by Crippen LogP contribution is 2.33. The zero-order valence-electron chi connectivity index (χ0n) is 20.7. The summed E-state index contributed by atoms with van der Waals surface area (Å²) in [5, 5.41) is 4.80. The van der Waals surface area contributed by atoms with Gasteiger partial charge in [-0.2, -0.15) is 5.10 Å². The molecule has 180 valence electrons. The summed E-state index contributed by atoms with van der Waals surface area (Å²) in [4.78, 5) is 15.3. The zero-order valence-corrected chi connectivity index (χ0v) is 20.7. The largest absolute Gasteiger partial charge is 0.497 e. The fraction of sp³-hybridized carbons (Fsp3) is 0.241. The van der Waals surface area contributed by atoms with Crippen LogP contribution in [0, 0.1) is 13.8 Å². The van der Waals surface area contributed by atoms with Crippen molar-refractivity contribution in [1.29, 1.82) is 0 Å². The van der Waals surface area contributed by atoms with Gasteiger partial charge in [-0.25, -0.2) is 4.68 Å². The minimum atomic E-state index is -0.00829. The number of ether oxygens (including phenoxy) is 2. The molecule has 0 saturated heterocycles. The first-order chi connectivity index (χ1) is 17.0. The Morgan fingerprint density at radius 2 is 1.66 bits per heavy atom. The lowest BCUT2D eigenvalue weighted by Crippen LogP contribution is -2.31. The van der Waals surface area contributed by atoms with Gasteiger partial charge in [-0.3, -0.25) is 4.79 Å². The van der Waals surface area contributed by atoms with E-state index in [1.54, 1.807) is 11.8 Å². The van der Waals surface area contributed by atoms with Crippen LogP contribution in [-0.4, -0.2) is 34.2 Å². The maximum Gasteiger partial charge on any atom is 0.254 e. The van der Waals surface area contributed by atoms with Gasteiger partial charge < -0.3 is 14.4 Å². The predicted octanol–water partition coefficient (Wildman–Crippen LogP) is 6.34. The monoisotopic (exact) mass is 469 g/mol. The van der Waals surface area contributed by atoms with Gasteiger partial charge in [0, 0.05) is 18.2 Å². The van der Waals surface area contributed by atoms with Crippen molar-refractivity contribution in [2.24, 2.45) is 0 Å². The van der Waals surface area contributed by atoms with E-state index in [1.807, 2.05) is 97.6 Å². The zero-order chi connectivity index (χ0) is 24.8. The van der Waals surface area contributed by atoms with Gasteiger partial charge in [0.25, 0.3) is 5.91 Å². The number of carbonyl (C=O) groups excluding carboxylic acids is 1. The average Bonchev–Trinajstić information content (AvgIpc) is 3.19. The summed E-state index contributed by atoms with van der Waals surface area (Å²) in [7, 11) is 1.63. The standard InChI is InChI=1S/C29H31N3O3/c1-5-18-31(28(33)23-16-14-21(2)15-17-23)20-27-22(3)30-32(24-10-7-6-8-11-24)29(27)35-26-13-9-12-25(19-26)34-4/h6-17,19H,5,18,20H2,1-4H3. The van der Waals surface area contributed by atoms with Crippen LogP contribution in [0.3, 0.4) is 0 Å². The van der Waals surface area contributed by atoms with Crippen molar-refractivity contribution >= 4 is 5.91 Å². The Bertz CT molecular complexity index is 1280. The molecule has 6 nitrogen and oxygen atoms in total. The van der Waals surface area contributed by atoms with Gasteiger partial charge in [0.15, 0.2) is 0 Å². The van der Waals surface area contributed by atoms with E-state index >= 15 is 0 Å². The molecule has 0 fully saturated rings. The molecule has 35 heavy (non-hydrogen) atoms. The molecule has 0 atom stereocenters. The number of nitrogens with zero attached hydrogens (tertiary/aromatic N) is 3. The van der Waals surface area contributed by atoms with Crippen LogP contribution in [-0.2, 0) is 6.54 Å². The lowest BCUT2D eigenvalue weighted by Gasteiger charge is -2.23. The maximum atomic E-state index is 13.4. The van der Waals surface area contributed by atoms with Crippen molar-refractivity contribution in [2.75, 3.05) is 13.7 Å². The number of para-hydroxylation sites is 1. The summed E-state index contributed by atoms with van der Waals surface area (Å²) in [6.45, 7) is 7.05. The number of aryl methyl sites for hydroxylation is 2. The number of carbonyl (C=O) groups is 1. The Kier molecular flexibility index (Phi) is 7.51. The number of amides is 1. The predicted molar refractivity (Wildman–Crippen MR) is 138 cm³/mol. The molecule has 0 aliphatic heterocycles. The molecule has 4 aromatic rings. The van der Waals surface area contributed by atoms with E-state index in [0.717, 1.165) is 28.9 Å². The molecule has 6 heteroatoms. The molecule has 0 saturated carbocycles. The fourth-order valence-corrected chi connectivity index (χ4v) is 3.94. The van der Waals surface area contributed by atoms with Crippen LogP contribution in [0.2, 0.25) is 0 Å². The minimum absolute atomic E-state index is 0.00829. The van der Waals surface area contributed by atoms with Crippen molar-refractivity contribution in [2.45, 2.75) is 33.7 Å². The number of methoxy groups -OCH3 is 1. The molecule has 0 N–H and O–H groups in total. The molecule has 1 amide bonds. The highest BCUT2D eigenvalue weighted by Gasteiger charge is 2.24. The van der Waals surface area contributed by atoms with Crippen LogP contribution >= 0.6 is 0 Å². The van der Waals surface area contributed by atoms with Gasteiger partial charge in [0.1, 0.15) is 11.5 Å². The van der Waals surface area contributed by atoms with E-state index in [4.69, 9.17) is 14.6 Å². The van der Waals surface area contributed by atoms with E-state index in [2.05, 4.69) is 6.92 Å². The summed E-state index contributed by atoms with van der Waals surface area (Å²) < 4.78 is 13.6. The topological polar surface area (TPSA) is 56.6 Å². The van der Waals surface area contributed by atoms with Crippen LogP contribution in [0.25, 0.3) is 5.69 Å². The molecule has 4 rings (SSSR count). The van der Waals surface area contributed by atoms with Gasteiger partial charge in [-0.05, 0) is 56.7 Å². The Morgan fingerprint density at radius 1 is 0.943 bits per heavy atom. The summed E-state index contributed by atoms with van der Waals surface area (Å²) in [6.07, 6.45) is 0.843. The first kappa shape index (κ1) is 24.1. The van der Waals surface area contributed by atoms with E-state index in [1.165, 1.54) is 0 Å². The lowest BCUT2D eigenvalue weighted by atomic mass is 10.1. The Balaban J connectivity index is 1.75. The molecule has 0 bridgehead atoms. The van der Waals surface area contributed by atoms with Gasteiger partial charge in [0.2, 0.25) is 5.88 Å². The van der Waals surface area contributed by atoms with Crippen LogP contribution in [0.1, 0.15) is 40.5 Å². The van der Waals surface area contributed by atoms with Crippen molar-refractivity contribution in [3.63, 3.8) is 0 Å².